The van der Waals surface area contributed by atoms with Crippen molar-refractivity contribution < 1.29 is 9.47 Å². The highest BCUT2D eigenvalue weighted by molar-refractivity contribution is 5.88. The number of pyridine rings is 6. The van der Waals surface area contributed by atoms with Crippen molar-refractivity contribution in [3.63, 3.8) is 0 Å². The van der Waals surface area contributed by atoms with Crippen LogP contribution in [0.15, 0.2) is 183 Å². The maximum atomic E-state index is 5.81. The minimum atomic E-state index is 0.650. The Kier molecular flexibility index (Phi) is 9.95. The maximum Gasteiger partial charge on any atom is 0.161 e. The van der Waals surface area contributed by atoms with Gasteiger partial charge in [0.15, 0.2) is 11.5 Å². The van der Waals surface area contributed by atoms with E-state index in [2.05, 4.69) is 92.7 Å². The fraction of sp³-hybridized carbons (Fsp3) is 0.0400. The summed E-state index contributed by atoms with van der Waals surface area (Å²) in [6.07, 6.45) is 7.13. The molecule has 0 saturated heterocycles. The van der Waals surface area contributed by atoms with E-state index in [0.29, 0.717) is 11.5 Å². The van der Waals surface area contributed by atoms with Gasteiger partial charge in [0.05, 0.1) is 59.8 Å². The summed E-state index contributed by atoms with van der Waals surface area (Å²) in [5.41, 5.74) is 14.5. The normalized spacial score (nSPS) is 10.9. The minimum absolute atomic E-state index is 0.650. The summed E-state index contributed by atoms with van der Waals surface area (Å²) in [7, 11) is 3.32. The topological polar surface area (TPSA) is 95.8 Å². The molecule has 8 nitrogen and oxygen atoms in total. The lowest BCUT2D eigenvalue weighted by Crippen LogP contribution is -1.95. The Labute approximate surface area is 336 Å². The molecule has 0 amide bonds. The Morgan fingerprint density at radius 1 is 0.293 bits per heavy atom. The molecule has 0 unspecified atom stereocenters. The second-order valence-corrected chi connectivity index (χ2v) is 13.5. The lowest BCUT2D eigenvalue weighted by molar-refractivity contribution is 0.355. The van der Waals surface area contributed by atoms with E-state index in [1.165, 1.54) is 0 Å². The first-order valence-electron chi connectivity index (χ1n) is 18.8. The Hall–Kier alpha value is -7.84. The number of hydrogen-bond donors (Lipinski definition) is 0. The van der Waals surface area contributed by atoms with Gasteiger partial charge in [0.1, 0.15) is 0 Å². The van der Waals surface area contributed by atoms with Crippen LogP contribution < -0.4 is 9.47 Å². The van der Waals surface area contributed by atoms with E-state index in [4.69, 9.17) is 19.4 Å². The van der Waals surface area contributed by atoms with Crippen molar-refractivity contribution in [2.24, 2.45) is 0 Å². The summed E-state index contributed by atoms with van der Waals surface area (Å²) in [4.78, 5) is 28.2. The van der Waals surface area contributed by atoms with Crippen LogP contribution in [0.25, 0.3) is 90.1 Å². The summed E-state index contributed by atoms with van der Waals surface area (Å²) in [5.74, 6) is 1.30. The third-order valence-corrected chi connectivity index (χ3v) is 9.94. The molecule has 0 N–H and O–H groups in total. The van der Waals surface area contributed by atoms with E-state index in [0.717, 1.165) is 90.1 Å². The standard InChI is InChI=1S/C50H36N6O2/c1-57-49-31-39(35-19-15-33(16-20-35)37-27-45(41-11-3-7-23-51-41)55-46(28-37)42-12-4-8-24-52-42)40(32-50(49)58-2)36-21-17-34(18-22-36)38-29-47(43-13-5-9-25-53-43)56-48(30-38)44-14-6-10-26-54-44/h3-32H,1-2H3. The molecule has 3 aromatic carbocycles. The molecule has 0 aliphatic heterocycles. The van der Waals surface area contributed by atoms with Gasteiger partial charge in [-0.1, -0.05) is 72.8 Å². The van der Waals surface area contributed by atoms with Crippen LogP contribution in [0.4, 0.5) is 0 Å². The van der Waals surface area contributed by atoms with Crippen LogP contribution in [0.1, 0.15) is 0 Å². The van der Waals surface area contributed by atoms with E-state index in [-0.39, 0.29) is 0 Å². The highest BCUT2D eigenvalue weighted by atomic mass is 16.5. The zero-order chi connectivity index (χ0) is 39.3. The number of aromatic nitrogens is 6. The van der Waals surface area contributed by atoms with E-state index in [1.807, 2.05) is 84.9 Å². The maximum absolute atomic E-state index is 5.81. The molecular weight excluding hydrogens is 717 g/mol. The van der Waals surface area contributed by atoms with Gasteiger partial charge >= 0.3 is 0 Å². The Morgan fingerprint density at radius 2 is 0.586 bits per heavy atom. The predicted octanol–water partition coefficient (Wildman–Crippen LogP) is 11.4. The van der Waals surface area contributed by atoms with E-state index in [9.17, 15) is 0 Å². The predicted molar refractivity (Wildman–Crippen MR) is 230 cm³/mol. The molecule has 0 aliphatic rings. The van der Waals surface area contributed by atoms with Crippen molar-refractivity contribution >= 4 is 0 Å². The largest absolute Gasteiger partial charge is 0.493 e. The molecule has 6 heterocycles. The van der Waals surface area contributed by atoms with Crippen LogP contribution in [0.5, 0.6) is 11.5 Å². The SMILES string of the molecule is COc1cc(-c2ccc(-c3cc(-c4ccccn4)nc(-c4ccccn4)c3)cc2)c(-c2ccc(-c3cc(-c4ccccn4)nc(-c4ccccn4)c3)cc2)cc1OC. The smallest absolute Gasteiger partial charge is 0.161 e. The van der Waals surface area contributed by atoms with Crippen LogP contribution in [-0.2, 0) is 0 Å². The van der Waals surface area contributed by atoms with Gasteiger partial charge in [0, 0.05) is 24.8 Å². The van der Waals surface area contributed by atoms with Gasteiger partial charge in [0.2, 0.25) is 0 Å². The molecule has 0 bridgehead atoms. The molecule has 58 heavy (non-hydrogen) atoms. The van der Waals surface area contributed by atoms with Crippen LogP contribution in [-0.4, -0.2) is 44.1 Å². The Balaban J connectivity index is 1.10. The van der Waals surface area contributed by atoms with Crippen LogP contribution in [0, 0.1) is 0 Å². The van der Waals surface area contributed by atoms with E-state index >= 15 is 0 Å². The first kappa shape index (κ1) is 35.8. The van der Waals surface area contributed by atoms with Gasteiger partial charge < -0.3 is 9.47 Å². The third kappa shape index (κ3) is 7.42. The van der Waals surface area contributed by atoms with Gasteiger partial charge in [0.25, 0.3) is 0 Å². The number of hydrogen-bond acceptors (Lipinski definition) is 8. The van der Waals surface area contributed by atoms with Gasteiger partial charge in [-0.05, 0) is 129 Å². The zero-order valence-corrected chi connectivity index (χ0v) is 31.8. The van der Waals surface area contributed by atoms with Gasteiger partial charge in [-0.25, -0.2) is 9.97 Å². The molecule has 9 rings (SSSR count). The number of nitrogens with zero attached hydrogens (tertiary/aromatic N) is 6. The number of rotatable bonds is 10. The quantitative estimate of drug-likeness (QED) is 0.136. The molecule has 0 fully saturated rings. The van der Waals surface area contributed by atoms with Crippen molar-refractivity contribution in [3.05, 3.63) is 183 Å². The lowest BCUT2D eigenvalue weighted by atomic mass is 9.91. The number of ether oxygens (including phenoxy) is 2. The molecular formula is C50H36N6O2. The van der Waals surface area contributed by atoms with Gasteiger partial charge in [-0.15, -0.1) is 0 Å². The summed E-state index contributed by atoms with van der Waals surface area (Å²) in [6, 6.07) is 52.9. The minimum Gasteiger partial charge on any atom is -0.493 e. The third-order valence-electron chi connectivity index (χ3n) is 9.94. The van der Waals surface area contributed by atoms with Crippen LogP contribution in [0.2, 0.25) is 0 Å². The van der Waals surface area contributed by atoms with E-state index < -0.39 is 0 Å². The lowest BCUT2D eigenvalue weighted by Gasteiger charge is -2.17. The Morgan fingerprint density at radius 3 is 0.845 bits per heavy atom. The van der Waals surface area contributed by atoms with Crippen molar-refractivity contribution in [1.82, 2.24) is 29.9 Å². The summed E-state index contributed by atoms with van der Waals surface area (Å²) in [5, 5.41) is 0. The fourth-order valence-corrected chi connectivity index (χ4v) is 7.02. The summed E-state index contributed by atoms with van der Waals surface area (Å²) >= 11 is 0. The monoisotopic (exact) mass is 752 g/mol. The second-order valence-electron chi connectivity index (χ2n) is 13.5. The molecule has 0 saturated carbocycles. The van der Waals surface area contributed by atoms with E-state index in [1.54, 1.807) is 39.0 Å². The average Bonchev–Trinajstić information content (AvgIpc) is 3.32. The summed E-state index contributed by atoms with van der Waals surface area (Å²) in [6.45, 7) is 0. The molecule has 0 radical (unpaired) electrons. The summed E-state index contributed by atoms with van der Waals surface area (Å²) < 4.78 is 11.6. The van der Waals surface area contributed by atoms with Crippen LogP contribution >= 0.6 is 0 Å². The molecule has 9 aromatic rings. The van der Waals surface area contributed by atoms with Crippen molar-refractivity contribution in [2.75, 3.05) is 14.2 Å². The molecule has 6 aromatic heterocycles. The Bertz CT molecular complexity index is 2510. The molecule has 0 spiro atoms. The highest BCUT2D eigenvalue weighted by Gasteiger charge is 2.17. The van der Waals surface area contributed by atoms with Crippen molar-refractivity contribution in [2.45, 2.75) is 0 Å². The van der Waals surface area contributed by atoms with Crippen molar-refractivity contribution in [1.29, 1.82) is 0 Å². The molecule has 8 heteroatoms. The molecule has 278 valence electrons. The molecule has 0 aliphatic carbocycles. The zero-order valence-electron chi connectivity index (χ0n) is 31.8. The van der Waals surface area contributed by atoms with Crippen molar-refractivity contribution in [3.8, 4) is 102 Å². The molecule has 0 atom stereocenters. The second kappa shape index (κ2) is 16.1. The van der Waals surface area contributed by atoms with Crippen LogP contribution in [0.3, 0.4) is 0 Å². The number of methoxy groups -OCH3 is 2. The number of benzene rings is 3. The average molecular weight is 753 g/mol. The first-order chi connectivity index (χ1) is 28.6. The highest BCUT2D eigenvalue weighted by Crippen LogP contribution is 2.42. The van der Waals surface area contributed by atoms with Gasteiger partial charge in [-0.2, -0.15) is 0 Å². The van der Waals surface area contributed by atoms with Gasteiger partial charge in [-0.3, -0.25) is 19.9 Å². The first-order valence-corrected chi connectivity index (χ1v) is 18.8. The fourth-order valence-electron chi connectivity index (χ4n) is 7.02.